The van der Waals surface area contributed by atoms with Gasteiger partial charge in [0.05, 0.1) is 5.52 Å². The van der Waals surface area contributed by atoms with Crippen molar-refractivity contribution < 1.29 is 9.90 Å². The number of hydrogen-bond acceptors (Lipinski definition) is 3. The lowest BCUT2D eigenvalue weighted by molar-refractivity contribution is -0.134. The molecule has 0 fully saturated rings. The van der Waals surface area contributed by atoms with Gasteiger partial charge in [-0.15, -0.1) is 0 Å². The van der Waals surface area contributed by atoms with Crippen molar-refractivity contribution >= 4 is 34.2 Å². The van der Waals surface area contributed by atoms with Crippen molar-refractivity contribution in [2.45, 2.75) is 6.92 Å². The number of aryl methyl sites for hydroxylation is 1. The van der Waals surface area contributed by atoms with Gasteiger partial charge in [-0.3, -0.25) is 9.78 Å². The number of carboxylic acids is 1. The van der Waals surface area contributed by atoms with E-state index in [0.29, 0.717) is 5.02 Å². The predicted molar refractivity (Wildman–Crippen MR) is 67.6 cm³/mol. The van der Waals surface area contributed by atoms with Crippen LogP contribution in [0.25, 0.3) is 10.9 Å². The fraction of sp³-hybridized carbons (Fsp3) is 0.167. The molecular formula is C12H11ClN2O2. The minimum absolute atomic E-state index is 0.124. The van der Waals surface area contributed by atoms with Crippen LogP contribution in [0, 0.1) is 6.92 Å². The number of rotatable bonds is 3. The van der Waals surface area contributed by atoms with E-state index in [-0.39, 0.29) is 6.54 Å². The Labute approximate surface area is 103 Å². The summed E-state index contributed by atoms with van der Waals surface area (Å²) >= 11 is 6.01. The fourth-order valence-electron chi connectivity index (χ4n) is 1.66. The maximum absolute atomic E-state index is 10.5. The highest BCUT2D eigenvalue weighted by atomic mass is 35.5. The molecule has 0 unspecified atom stereocenters. The van der Waals surface area contributed by atoms with Crippen LogP contribution >= 0.6 is 11.6 Å². The van der Waals surface area contributed by atoms with E-state index in [4.69, 9.17) is 16.7 Å². The second kappa shape index (κ2) is 4.59. The third-order valence-electron chi connectivity index (χ3n) is 2.53. The molecule has 0 bridgehead atoms. The zero-order chi connectivity index (χ0) is 12.4. The normalized spacial score (nSPS) is 10.5. The Bertz CT molecular complexity index is 584. The SMILES string of the molecule is Cc1c(Cl)ccc2c(NCC(=O)O)ccnc12. The lowest BCUT2D eigenvalue weighted by atomic mass is 10.1. The molecule has 1 aromatic carbocycles. The van der Waals surface area contributed by atoms with E-state index < -0.39 is 5.97 Å². The highest BCUT2D eigenvalue weighted by molar-refractivity contribution is 6.32. The second-order valence-corrected chi connectivity index (χ2v) is 4.08. The first-order valence-electron chi connectivity index (χ1n) is 5.09. The van der Waals surface area contributed by atoms with Gasteiger partial charge >= 0.3 is 5.97 Å². The molecular weight excluding hydrogens is 240 g/mol. The smallest absolute Gasteiger partial charge is 0.322 e. The van der Waals surface area contributed by atoms with Crippen LogP contribution in [0.2, 0.25) is 5.02 Å². The predicted octanol–water partition coefficient (Wildman–Crippen LogP) is 2.69. The van der Waals surface area contributed by atoms with Crippen molar-refractivity contribution in [1.82, 2.24) is 4.98 Å². The minimum Gasteiger partial charge on any atom is -0.480 e. The number of fused-ring (bicyclic) bond motifs is 1. The highest BCUT2D eigenvalue weighted by Crippen LogP contribution is 2.28. The third kappa shape index (κ3) is 2.31. The van der Waals surface area contributed by atoms with Crippen molar-refractivity contribution in [2.24, 2.45) is 0 Å². The topological polar surface area (TPSA) is 62.2 Å². The molecule has 2 rings (SSSR count). The summed E-state index contributed by atoms with van der Waals surface area (Å²) in [5, 5.41) is 13.0. The average molecular weight is 251 g/mol. The van der Waals surface area contributed by atoms with Crippen LogP contribution in [0.3, 0.4) is 0 Å². The standard InChI is InChI=1S/C12H11ClN2O2/c1-7-9(13)3-2-8-10(15-6-11(16)17)4-5-14-12(7)8/h2-5H,6H2,1H3,(H,14,15)(H,16,17). The Kier molecular flexibility index (Phi) is 3.15. The first kappa shape index (κ1) is 11.7. The van der Waals surface area contributed by atoms with E-state index in [1.54, 1.807) is 18.3 Å². The minimum atomic E-state index is -0.902. The molecule has 0 saturated heterocycles. The van der Waals surface area contributed by atoms with Crippen molar-refractivity contribution in [1.29, 1.82) is 0 Å². The maximum Gasteiger partial charge on any atom is 0.322 e. The molecule has 0 spiro atoms. The molecule has 0 aliphatic heterocycles. The number of carboxylic acid groups (broad SMARTS) is 1. The van der Waals surface area contributed by atoms with Crippen LogP contribution in [-0.4, -0.2) is 22.6 Å². The second-order valence-electron chi connectivity index (χ2n) is 3.67. The van der Waals surface area contributed by atoms with Gasteiger partial charge in [0.2, 0.25) is 0 Å². The lowest BCUT2D eigenvalue weighted by Gasteiger charge is -2.09. The number of hydrogen-bond donors (Lipinski definition) is 2. The summed E-state index contributed by atoms with van der Waals surface area (Å²) in [6.45, 7) is 1.76. The van der Waals surface area contributed by atoms with Crippen LogP contribution in [0.5, 0.6) is 0 Å². The third-order valence-corrected chi connectivity index (χ3v) is 2.94. The summed E-state index contributed by atoms with van der Waals surface area (Å²) < 4.78 is 0. The van der Waals surface area contributed by atoms with Gasteiger partial charge in [-0.2, -0.15) is 0 Å². The van der Waals surface area contributed by atoms with Crippen molar-refractivity contribution in [3.63, 3.8) is 0 Å². The van der Waals surface area contributed by atoms with Gasteiger partial charge in [0.25, 0.3) is 0 Å². The Morgan fingerprint density at radius 2 is 2.24 bits per heavy atom. The molecule has 2 aromatic rings. The quantitative estimate of drug-likeness (QED) is 0.879. The fourth-order valence-corrected chi connectivity index (χ4v) is 1.81. The summed E-state index contributed by atoms with van der Waals surface area (Å²) in [6.07, 6.45) is 1.63. The average Bonchev–Trinajstić information content (AvgIpc) is 2.31. The zero-order valence-electron chi connectivity index (χ0n) is 9.20. The number of benzene rings is 1. The van der Waals surface area contributed by atoms with Crippen molar-refractivity contribution in [3.05, 3.63) is 35.0 Å². The molecule has 4 nitrogen and oxygen atoms in total. The van der Waals surface area contributed by atoms with E-state index in [0.717, 1.165) is 22.2 Å². The Morgan fingerprint density at radius 3 is 2.94 bits per heavy atom. The van der Waals surface area contributed by atoms with Gasteiger partial charge < -0.3 is 10.4 Å². The number of aliphatic carboxylic acids is 1. The van der Waals surface area contributed by atoms with Gasteiger partial charge in [-0.05, 0) is 30.7 Å². The monoisotopic (exact) mass is 250 g/mol. The summed E-state index contributed by atoms with van der Waals surface area (Å²) in [7, 11) is 0. The lowest BCUT2D eigenvalue weighted by Crippen LogP contribution is -2.12. The van der Waals surface area contributed by atoms with Crippen molar-refractivity contribution in [3.8, 4) is 0 Å². The van der Waals surface area contributed by atoms with Crippen molar-refractivity contribution in [2.75, 3.05) is 11.9 Å². The van der Waals surface area contributed by atoms with Gasteiger partial charge in [-0.1, -0.05) is 11.6 Å². The molecule has 0 amide bonds. The highest BCUT2D eigenvalue weighted by Gasteiger charge is 2.07. The molecule has 0 saturated carbocycles. The van der Waals surface area contributed by atoms with Gasteiger partial charge in [-0.25, -0.2) is 0 Å². The number of carbonyl (C=O) groups is 1. The summed E-state index contributed by atoms with van der Waals surface area (Å²) in [5.74, 6) is -0.902. The molecule has 17 heavy (non-hydrogen) atoms. The summed E-state index contributed by atoms with van der Waals surface area (Å²) in [4.78, 5) is 14.8. The van der Waals surface area contributed by atoms with Gasteiger partial charge in [0.1, 0.15) is 6.54 Å². The van der Waals surface area contributed by atoms with E-state index in [1.807, 2.05) is 13.0 Å². The van der Waals surface area contributed by atoms with Gasteiger partial charge in [0, 0.05) is 22.3 Å². The summed E-state index contributed by atoms with van der Waals surface area (Å²) in [6, 6.07) is 5.37. The number of halogens is 1. The van der Waals surface area contributed by atoms with Crippen LogP contribution in [-0.2, 0) is 4.79 Å². The number of pyridine rings is 1. The molecule has 0 aliphatic carbocycles. The Hall–Kier alpha value is -1.81. The number of anilines is 1. The first-order chi connectivity index (χ1) is 8.09. The largest absolute Gasteiger partial charge is 0.480 e. The maximum atomic E-state index is 10.5. The molecule has 1 aromatic heterocycles. The zero-order valence-corrected chi connectivity index (χ0v) is 9.95. The molecule has 5 heteroatoms. The molecule has 0 aliphatic rings. The number of nitrogens with zero attached hydrogens (tertiary/aromatic N) is 1. The molecule has 88 valence electrons. The Balaban J connectivity index is 2.51. The van der Waals surface area contributed by atoms with Crippen LogP contribution in [0.4, 0.5) is 5.69 Å². The number of aromatic nitrogens is 1. The molecule has 1 heterocycles. The van der Waals surface area contributed by atoms with E-state index in [2.05, 4.69) is 10.3 Å². The first-order valence-corrected chi connectivity index (χ1v) is 5.47. The van der Waals surface area contributed by atoms with E-state index in [9.17, 15) is 4.79 Å². The summed E-state index contributed by atoms with van der Waals surface area (Å²) in [5.41, 5.74) is 2.42. The van der Waals surface area contributed by atoms with Crippen LogP contribution < -0.4 is 5.32 Å². The van der Waals surface area contributed by atoms with E-state index >= 15 is 0 Å². The molecule has 0 radical (unpaired) electrons. The number of nitrogens with one attached hydrogen (secondary N) is 1. The van der Waals surface area contributed by atoms with Gasteiger partial charge in [0.15, 0.2) is 0 Å². The Morgan fingerprint density at radius 1 is 1.47 bits per heavy atom. The van der Waals surface area contributed by atoms with E-state index in [1.165, 1.54) is 0 Å². The molecule has 0 atom stereocenters. The molecule has 2 N–H and O–H groups in total. The van der Waals surface area contributed by atoms with Crippen LogP contribution in [0.1, 0.15) is 5.56 Å². The van der Waals surface area contributed by atoms with Crippen LogP contribution in [0.15, 0.2) is 24.4 Å².